The van der Waals surface area contributed by atoms with Crippen LogP contribution >= 0.6 is 0 Å². The van der Waals surface area contributed by atoms with E-state index in [9.17, 15) is 35.9 Å². The number of carboxylic acid groups (broad SMARTS) is 2. The summed E-state index contributed by atoms with van der Waals surface area (Å²) < 4.78 is 63.5. The number of nitrogens with one attached hydrogen (secondary N) is 1. The number of pyridine rings is 1. The Morgan fingerprint density at radius 2 is 1.51 bits per heavy atom. The van der Waals surface area contributed by atoms with E-state index in [0.29, 0.717) is 11.9 Å². The van der Waals surface area contributed by atoms with E-state index in [0.717, 1.165) is 71.4 Å². The van der Waals surface area contributed by atoms with Crippen molar-refractivity contribution in [3.05, 3.63) is 30.1 Å². The molecule has 0 radical (unpaired) electrons. The van der Waals surface area contributed by atoms with E-state index in [1.807, 2.05) is 29.1 Å². The van der Waals surface area contributed by atoms with E-state index >= 15 is 0 Å². The number of carbonyl (C=O) groups is 4. The molecule has 2 spiro atoms. The summed E-state index contributed by atoms with van der Waals surface area (Å²) in [5.41, 5.74) is 0.848. The molecule has 3 amide bonds. The minimum atomic E-state index is -5.08. The summed E-state index contributed by atoms with van der Waals surface area (Å²) in [5.74, 6) is -5.20. The molecule has 0 aromatic carbocycles. The molecule has 3 N–H and O–H groups in total. The number of piperidine rings is 1. The first-order valence-corrected chi connectivity index (χ1v) is 14.4. The first-order valence-electron chi connectivity index (χ1n) is 14.4. The first kappa shape index (κ1) is 35.8. The molecule has 1 aromatic rings. The molecule has 17 heteroatoms. The van der Waals surface area contributed by atoms with Crippen LogP contribution < -0.4 is 5.32 Å². The number of amides is 3. The topological polar surface area (TPSA) is 143 Å². The van der Waals surface area contributed by atoms with Crippen LogP contribution in [0.15, 0.2) is 24.5 Å². The second-order valence-corrected chi connectivity index (χ2v) is 11.9. The lowest BCUT2D eigenvalue weighted by Gasteiger charge is -2.47. The standard InChI is InChI=1S/C24H35N5O2.2C2HF3O2/c1-27-12-10-24(21(27)30)18-28(16-19-5-4-11-25-15-19)17-23(24)8-13-29(14-9-23)22(31)26-20-6-2-3-7-20;2*3-2(4,5)1(6)7/h4-5,11,15,20H,2-3,6-10,12-14,16-18H2,1H3,(H,26,31);2*(H,6,7). The highest BCUT2D eigenvalue weighted by Crippen LogP contribution is 2.57. The van der Waals surface area contributed by atoms with Gasteiger partial charge in [0.05, 0.1) is 5.41 Å². The number of likely N-dealkylation sites (tertiary alicyclic amines) is 3. The maximum absolute atomic E-state index is 13.4. The Morgan fingerprint density at radius 1 is 0.956 bits per heavy atom. The molecule has 4 heterocycles. The van der Waals surface area contributed by atoms with Crippen LogP contribution in [0.3, 0.4) is 0 Å². The van der Waals surface area contributed by atoms with E-state index in [1.54, 1.807) is 6.20 Å². The van der Waals surface area contributed by atoms with Crippen molar-refractivity contribution in [2.24, 2.45) is 10.8 Å². The van der Waals surface area contributed by atoms with Gasteiger partial charge in [-0.05, 0) is 43.7 Å². The molecule has 3 aliphatic heterocycles. The summed E-state index contributed by atoms with van der Waals surface area (Å²) in [6, 6.07) is 4.54. The van der Waals surface area contributed by atoms with Gasteiger partial charge in [0.2, 0.25) is 5.91 Å². The number of carboxylic acids is 2. The van der Waals surface area contributed by atoms with Gasteiger partial charge in [-0.25, -0.2) is 14.4 Å². The van der Waals surface area contributed by atoms with E-state index in [4.69, 9.17) is 19.8 Å². The molecule has 11 nitrogen and oxygen atoms in total. The molecule has 4 fully saturated rings. The fourth-order valence-corrected chi connectivity index (χ4v) is 6.73. The van der Waals surface area contributed by atoms with Gasteiger partial charge >= 0.3 is 30.3 Å². The van der Waals surface area contributed by atoms with Gasteiger partial charge in [0.1, 0.15) is 0 Å². The van der Waals surface area contributed by atoms with Crippen molar-refractivity contribution >= 4 is 23.9 Å². The number of aliphatic carboxylic acids is 2. The lowest BCUT2D eigenvalue weighted by molar-refractivity contribution is -0.193. The summed E-state index contributed by atoms with van der Waals surface area (Å²) >= 11 is 0. The third-order valence-corrected chi connectivity index (χ3v) is 8.97. The molecule has 1 aromatic heterocycles. The van der Waals surface area contributed by atoms with Gasteiger partial charge < -0.3 is 25.3 Å². The molecule has 1 aliphatic carbocycles. The van der Waals surface area contributed by atoms with Crippen LogP contribution in [0.25, 0.3) is 0 Å². The Balaban J connectivity index is 0.000000331. The van der Waals surface area contributed by atoms with Crippen molar-refractivity contribution in [1.29, 1.82) is 0 Å². The molecule has 4 aliphatic rings. The Labute approximate surface area is 255 Å². The first-order chi connectivity index (χ1) is 20.9. The number of fused-ring (bicyclic) bond motifs is 1. The largest absolute Gasteiger partial charge is 0.490 e. The molecule has 1 unspecified atom stereocenters. The van der Waals surface area contributed by atoms with Crippen LogP contribution in [-0.2, 0) is 20.9 Å². The van der Waals surface area contributed by atoms with Crippen LogP contribution in [0.1, 0.15) is 50.5 Å². The summed E-state index contributed by atoms with van der Waals surface area (Å²) in [6.45, 7) is 4.92. The minimum absolute atomic E-state index is 0.0405. The second-order valence-electron chi connectivity index (χ2n) is 11.9. The summed E-state index contributed by atoms with van der Waals surface area (Å²) in [7, 11) is 1.94. The molecule has 1 saturated carbocycles. The van der Waals surface area contributed by atoms with E-state index in [1.165, 1.54) is 18.4 Å². The highest BCUT2D eigenvalue weighted by molar-refractivity contribution is 5.86. The Bertz CT molecular complexity index is 1180. The number of hydrogen-bond acceptors (Lipinski definition) is 6. The number of alkyl halides is 6. The average molecular weight is 654 g/mol. The fraction of sp³-hybridized carbons (Fsp3) is 0.679. The van der Waals surface area contributed by atoms with Crippen LogP contribution in [-0.4, -0.2) is 112 Å². The molecule has 0 bridgehead atoms. The van der Waals surface area contributed by atoms with Crippen molar-refractivity contribution < 1.29 is 55.7 Å². The van der Waals surface area contributed by atoms with Crippen molar-refractivity contribution in [1.82, 2.24) is 25.0 Å². The van der Waals surface area contributed by atoms with Crippen LogP contribution in [0.4, 0.5) is 31.1 Å². The Hall–Kier alpha value is -3.63. The summed E-state index contributed by atoms with van der Waals surface area (Å²) in [4.78, 5) is 54.7. The predicted molar refractivity (Wildman–Crippen MR) is 146 cm³/mol. The lowest BCUT2D eigenvalue weighted by atomic mass is 9.60. The average Bonchev–Trinajstić information content (AvgIpc) is 3.65. The highest BCUT2D eigenvalue weighted by Gasteiger charge is 2.64. The third kappa shape index (κ3) is 8.76. The fourth-order valence-electron chi connectivity index (χ4n) is 6.73. The third-order valence-electron chi connectivity index (χ3n) is 8.97. The molecule has 5 rings (SSSR count). The van der Waals surface area contributed by atoms with Crippen molar-refractivity contribution in [2.75, 3.05) is 39.8 Å². The number of rotatable bonds is 3. The number of carbonyl (C=O) groups excluding carboxylic acids is 2. The zero-order chi connectivity index (χ0) is 33.6. The Morgan fingerprint density at radius 3 is 1.96 bits per heavy atom. The minimum Gasteiger partial charge on any atom is -0.475 e. The maximum atomic E-state index is 13.4. The second kappa shape index (κ2) is 14.2. The number of nitrogens with zero attached hydrogens (tertiary/aromatic N) is 4. The Kier molecular flexibility index (Phi) is 11.3. The smallest absolute Gasteiger partial charge is 0.475 e. The molecule has 252 valence electrons. The van der Waals surface area contributed by atoms with Crippen molar-refractivity contribution in [3.8, 4) is 0 Å². The van der Waals surface area contributed by atoms with Gasteiger partial charge in [0.25, 0.3) is 0 Å². The summed E-state index contributed by atoms with van der Waals surface area (Å²) in [5, 5.41) is 17.5. The number of urea groups is 1. The van der Waals surface area contributed by atoms with E-state index < -0.39 is 24.3 Å². The van der Waals surface area contributed by atoms with Gasteiger partial charge in [-0.2, -0.15) is 26.3 Å². The molecule has 3 saturated heterocycles. The lowest BCUT2D eigenvalue weighted by Crippen LogP contribution is -2.55. The van der Waals surface area contributed by atoms with Gasteiger partial charge in [-0.1, -0.05) is 18.9 Å². The summed E-state index contributed by atoms with van der Waals surface area (Å²) in [6.07, 6.45) is 0.975. The van der Waals surface area contributed by atoms with Crippen molar-refractivity contribution in [2.45, 2.75) is 69.9 Å². The van der Waals surface area contributed by atoms with Crippen LogP contribution in [0.2, 0.25) is 0 Å². The SMILES string of the molecule is CN1CCC2(CN(Cc3cccnc3)CC23CCN(C(=O)NC2CCCC2)CC3)C1=O.O=C(O)C(F)(F)F.O=C(O)C(F)(F)F. The molecule has 1 atom stereocenters. The zero-order valence-electron chi connectivity index (χ0n) is 24.7. The zero-order valence-corrected chi connectivity index (χ0v) is 24.7. The highest BCUT2D eigenvalue weighted by atomic mass is 19.4. The van der Waals surface area contributed by atoms with E-state index in [2.05, 4.69) is 21.3 Å². The predicted octanol–water partition coefficient (Wildman–Crippen LogP) is 3.75. The van der Waals surface area contributed by atoms with Gasteiger partial charge in [0, 0.05) is 70.2 Å². The number of halogens is 6. The number of aromatic nitrogens is 1. The van der Waals surface area contributed by atoms with Gasteiger partial charge in [0.15, 0.2) is 0 Å². The van der Waals surface area contributed by atoms with Gasteiger partial charge in [-0.15, -0.1) is 0 Å². The van der Waals surface area contributed by atoms with Crippen LogP contribution in [0.5, 0.6) is 0 Å². The maximum Gasteiger partial charge on any atom is 0.490 e. The van der Waals surface area contributed by atoms with Crippen molar-refractivity contribution in [3.63, 3.8) is 0 Å². The normalized spacial score (nSPS) is 23.4. The van der Waals surface area contributed by atoms with Crippen LogP contribution in [0, 0.1) is 10.8 Å². The number of hydrogen-bond donors (Lipinski definition) is 3. The molecular formula is C28H37F6N5O6. The van der Waals surface area contributed by atoms with E-state index in [-0.39, 0.29) is 16.9 Å². The molecular weight excluding hydrogens is 616 g/mol. The quantitative estimate of drug-likeness (QED) is 0.419. The van der Waals surface area contributed by atoms with Gasteiger partial charge in [-0.3, -0.25) is 14.7 Å². The molecule has 45 heavy (non-hydrogen) atoms. The monoisotopic (exact) mass is 653 g/mol.